The number of hydrogen-bond donors (Lipinski definition) is 2. The van der Waals surface area contributed by atoms with Crippen LogP contribution >= 0.6 is 0 Å². The third kappa shape index (κ3) is 4.32. The third-order valence-electron chi connectivity index (χ3n) is 4.01. The molecule has 0 bridgehead atoms. The summed E-state index contributed by atoms with van der Waals surface area (Å²) in [5, 5.41) is 6.76. The molecule has 0 aliphatic carbocycles. The minimum absolute atomic E-state index is 0.428. The van der Waals surface area contributed by atoms with Gasteiger partial charge in [-0.1, -0.05) is 6.07 Å². The van der Waals surface area contributed by atoms with Gasteiger partial charge in [-0.15, -0.1) is 0 Å². The van der Waals surface area contributed by atoms with Crippen LogP contribution in [0.5, 0.6) is 0 Å². The van der Waals surface area contributed by atoms with Crippen LogP contribution in [-0.2, 0) is 4.74 Å². The normalized spacial score (nSPS) is 16.5. The zero-order valence-corrected chi connectivity index (χ0v) is 14.6. The van der Waals surface area contributed by atoms with Crippen LogP contribution in [0.4, 0.5) is 5.82 Å². The minimum Gasteiger partial charge on any atom is -0.385 e. The van der Waals surface area contributed by atoms with Gasteiger partial charge in [-0.25, -0.2) is 9.97 Å². The Balaban J connectivity index is 0.000000415. The van der Waals surface area contributed by atoms with Crippen molar-refractivity contribution < 1.29 is 4.74 Å². The molecule has 0 amide bonds. The summed E-state index contributed by atoms with van der Waals surface area (Å²) < 4.78 is 6.56. The topological polar surface area (TPSA) is 76.4 Å². The number of aromatic nitrogens is 4. The highest BCUT2D eigenvalue weighted by Gasteiger charge is 2.15. The van der Waals surface area contributed by atoms with Crippen molar-refractivity contribution >= 4 is 11.5 Å². The predicted octanol–water partition coefficient (Wildman–Crippen LogP) is 2.22. The number of rotatable bonds is 4. The fraction of sp³-hybridized carbons (Fsp3) is 0.389. The summed E-state index contributed by atoms with van der Waals surface area (Å²) in [6.07, 6.45) is 8.47. The summed E-state index contributed by atoms with van der Waals surface area (Å²) in [6, 6.07) is 6.36. The molecule has 1 atom stereocenters. The van der Waals surface area contributed by atoms with Crippen molar-refractivity contribution in [2.75, 3.05) is 32.1 Å². The first-order valence-electron chi connectivity index (χ1n) is 8.52. The molecule has 1 aliphatic heterocycles. The van der Waals surface area contributed by atoms with Gasteiger partial charge in [0.25, 0.3) is 0 Å². The average Bonchev–Trinajstić information content (AvgIpc) is 3.32. The molecule has 1 unspecified atom stereocenters. The van der Waals surface area contributed by atoms with E-state index in [0.717, 1.165) is 49.0 Å². The smallest absolute Gasteiger partial charge is 0.145 e. The van der Waals surface area contributed by atoms with E-state index in [1.54, 1.807) is 19.5 Å². The Morgan fingerprint density at radius 2 is 2.20 bits per heavy atom. The number of anilines is 1. The van der Waals surface area contributed by atoms with Crippen LogP contribution in [0.3, 0.4) is 0 Å². The molecule has 1 fully saturated rings. The van der Waals surface area contributed by atoms with Gasteiger partial charge in [-0.2, -0.15) is 0 Å². The fourth-order valence-corrected chi connectivity index (χ4v) is 2.67. The molecule has 1 aliphatic rings. The van der Waals surface area contributed by atoms with Crippen LogP contribution in [0.15, 0.2) is 43.0 Å². The highest BCUT2D eigenvalue weighted by Crippen LogP contribution is 2.19. The maximum Gasteiger partial charge on any atom is 0.145 e. The van der Waals surface area contributed by atoms with Gasteiger partial charge in [-0.3, -0.25) is 9.38 Å². The van der Waals surface area contributed by atoms with Gasteiger partial charge >= 0.3 is 0 Å². The summed E-state index contributed by atoms with van der Waals surface area (Å²) in [7, 11) is 1.68. The number of methoxy groups -OCH3 is 1. The Labute approximate surface area is 147 Å². The third-order valence-corrected chi connectivity index (χ3v) is 4.01. The molecule has 132 valence electrons. The van der Waals surface area contributed by atoms with Crippen molar-refractivity contribution in [1.29, 1.82) is 0 Å². The van der Waals surface area contributed by atoms with Crippen LogP contribution in [-0.4, -0.2) is 52.2 Å². The molecule has 4 rings (SSSR count). The van der Waals surface area contributed by atoms with Crippen LogP contribution in [0, 0.1) is 0 Å². The van der Waals surface area contributed by atoms with E-state index in [0.29, 0.717) is 6.04 Å². The summed E-state index contributed by atoms with van der Waals surface area (Å²) in [5.41, 5.74) is 2.68. The van der Waals surface area contributed by atoms with E-state index >= 15 is 0 Å². The Kier molecular flexibility index (Phi) is 5.92. The second-order valence-electron chi connectivity index (χ2n) is 5.77. The van der Waals surface area contributed by atoms with E-state index in [1.165, 1.54) is 0 Å². The van der Waals surface area contributed by atoms with Crippen molar-refractivity contribution in [3.8, 4) is 11.4 Å². The lowest BCUT2D eigenvalue weighted by molar-refractivity contribution is 0.215. The van der Waals surface area contributed by atoms with E-state index in [1.807, 2.05) is 41.9 Å². The first-order valence-corrected chi connectivity index (χ1v) is 8.52. The quantitative estimate of drug-likeness (QED) is 0.758. The maximum absolute atomic E-state index is 4.67. The number of ether oxygens (including phenoxy) is 1. The van der Waals surface area contributed by atoms with Gasteiger partial charge in [0.05, 0.1) is 24.3 Å². The fourth-order valence-electron chi connectivity index (χ4n) is 2.67. The SMILES string of the molecule is CCOC.c1ccn2c(-c3cncc(NC4CCNC4)n3)cnc2c1. The van der Waals surface area contributed by atoms with Crippen LogP contribution in [0.25, 0.3) is 17.0 Å². The van der Waals surface area contributed by atoms with Crippen molar-refractivity contribution in [3.63, 3.8) is 0 Å². The second kappa shape index (κ2) is 8.55. The Morgan fingerprint density at radius 3 is 2.96 bits per heavy atom. The number of nitrogens with zero attached hydrogens (tertiary/aromatic N) is 4. The molecule has 0 radical (unpaired) electrons. The molecule has 1 saturated heterocycles. The monoisotopic (exact) mass is 340 g/mol. The lowest BCUT2D eigenvalue weighted by Crippen LogP contribution is -2.22. The van der Waals surface area contributed by atoms with Crippen LogP contribution in [0.1, 0.15) is 13.3 Å². The first-order chi connectivity index (χ1) is 12.3. The zero-order valence-electron chi connectivity index (χ0n) is 14.6. The van der Waals surface area contributed by atoms with E-state index in [9.17, 15) is 0 Å². The highest BCUT2D eigenvalue weighted by molar-refractivity contribution is 5.60. The van der Waals surface area contributed by atoms with E-state index in [2.05, 4.69) is 30.3 Å². The summed E-state index contributed by atoms with van der Waals surface area (Å²) >= 11 is 0. The number of fused-ring (bicyclic) bond motifs is 1. The number of nitrogens with one attached hydrogen (secondary N) is 2. The Hall–Kier alpha value is -2.51. The zero-order chi connectivity index (χ0) is 17.5. The Morgan fingerprint density at radius 1 is 1.32 bits per heavy atom. The summed E-state index contributed by atoms with van der Waals surface area (Å²) in [4.78, 5) is 13.4. The minimum atomic E-state index is 0.428. The predicted molar refractivity (Wildman–Crippen MR) is 98.7 cm³/mol. The maximum atomic E-state index is 4.67. The molecule has 7 heteroatoms. The van der Waals surface area contributed by atoms with E-state index in [4.69, 9.17) is 0 Å². The molecular formula is C18H24N6O. The molecule has 25 heavy (non-hydrogen) atoms. The molecule has 7 nitrogen and oxygen atoms in total. The van der Waals surface area contributed by atoms with Gasteiger partial charge in [0.1, 0.15) is 17.2 Å². The van der Waals surface area contributed by atoms with Gasteiger partial charge in [0.2, 0.25) is 0 Å². The first kappa shape index (κ1) is 17.3. The van der Waals surface area contributed by atoms with Crippen molar-refractivity contribution in [2.24, 2.45) is 0 Å². The molecule has 3 aromatic heterocycles. The molecular weight excluding hydrogens is 316 g/mol. The van der Waals surface area contributed by atoms with Gasteiger partial charge < -0.3 is 15.4 Å². The molecule has 0 aromatic carbocycles. The molecule has 3 aromatic rings. The van der Waals surface area contributed by atoms with E-state index in [-0.39, 0.29) is 0 Å². The Bertz CT molecular complexity index is 795. The van der Waals surface area contributed by atoms with Crippen molar-refractivity contribution in [2.45, 2.75) is 19.4 Å². The van der Waals surface area contributed by atoms with Crippen LogP contribution < -0.4 is 10.6 Å². The van der Waals surface area contributed by atoms with Gasteiger partial charge in [0, 0.05) is 32.5 Å². The lowest BCUT2D eigenvalue weighted by atomic mass is 10.2. The van der Waals surface area contributed by atoms with Crippen molar-refractivity contribution in [1.82, 2.24) is 24.7 Å². The number of pyridine rings is 1. The van der Waals surface area contributed by atoms with Gasteiger partial charge in [-0.05, 0) is 32.0 Å². The lowest BCUT2D eigenvalue weighted by Gasteiger charge is -2.12. The number of hydrogen-bond acceptors (Lipinski definition) is 6. The second-order valence-corrected chi connectivity index (χ2v) is 5.77. The average molecular weight is 340 g/mol. The molecule has 4 heterocycles. The highest BCUT2D eigenvalue weighted by atomic mass is 16.5. The molecule has 2 N–H and O–H groups in total. The van der Waals surface area contributed by atoms with Gasteiger partial charge in [0.15, 0.2) is 0 Å². The summed E-state index contributed by atoms with van der Waals surface area (Å²) in [5.74, 6) is 0.812. The van der Waals surface area contributed by atoms with Crippen LogP contribution in [0.2, 0.25) is 0 Å². The molecule has 0 saturated carbocycles. The summed E-state index contributed by atoms with van der Waals surface area (Å²) in [6.45, 7) is 4.81. The van der Waals surface area contributed by atoms with E-state index < -0.39 is 0 Å². The largest absolute Gasteiger partial charge is 0.385 e. The van der Waals surface area contributed by atoms with Crippen molar-refractivity contribution in [3.05, 3.63) is 43.0 Å². The standard InChI is InChI=1S/C15H16N6.C3H8O/c1-2-6-21-13(9-18-15(21)3-1)12-8-17-10-14(20-12)19-11-4-5-16-7-11;1-3-4-2/h1-3,6,8-11,16H,4-5,7H2,(H,19,20);3H2,1-2H3. The number of imidazole rings is 1. The molecule has 0 spiro atoms.